The number of hydrogen-bond acceptors (Lipinski definition) is 1. The summed E-state index contributed by atoms with van der Waals surface area (Å²) in [6, 6.07) is 15.4. The van der Waals surface area contributed by atoms with Gasteiger partial charge < -0.3 is 0 Å². The fraction of sp³-hybridized carbons (Fsp3) is 0. The summed E-state index contributed by atoms with van der Waals surface area (Å²) < 4.78 is 1.84. The zero-order valence-corrected chi connectivity index (χ0v) is 12.5. The summed E-state index contributed by atoms with van der Waals surface area (Å²) in [6.07, 6.45) is 0. The maximum atomic E-state index is 12.6. The van der Waals surface area contributed by atoms with Gasteiger partial charge in [0.05, 0.1) is 0 Å². The first-order valence-electron chi connectivity index (χ1n) is 5.47. The first-order valence-corrected chi connectivity index (χ1v) is 7.06. The largest absolute Gasteiger partial charge is 0.289 e. The SMILES string of the molecule is O=c1c2ccccc2cc(Br)c2ccc(Br)cc12. The summed E-state index contributed by atoms with van der Waals surface area (Å²) in [5, 5.41) is 3.34. The lowest BCUT2D eigenvalue weighted by Gasteiger charge is -1.95. The number of benzene rings is 2. The molecule has 0 atom stereocenters. The van der Waals surface area contributed by atoms with Crippen LogP contribution in [0.15, 0.2) is 62.3 Å². The van der Waals surface area contributed by atoms with Crippen LogP contribution < -0.4 is 5.43 Å². The van der Waals surface area contributed by atoms with E-state index in [1.165, 1.54) is 0 Å². The van der Waals surface area contributed by atoms with Gasteiger partial charge in [-0.05, 0) is 29.0 Å². The van der Waals surface area contributed by atoms with E-state index in [1.807, 2.05) is 48.5 Å². The van der Waals surface area contributed by atoms with Gasteiger partial charge in [0.1, 0.15) is 0 Å². The molecule has 1 nitrogen and oxygen atoms in total. The average molecular weight is 364 g/mol. The second-order valence-electron chi connectivity index (χ2n) is 4.10. The molecule has 0 aliphatic heterocycles. The molecular weight excluding hydrogens is 356 g/mol. The number of rotatable bonds is 0. The highest BCUT2D eigenvalue weighted by Crippen LogP contribution is 2.26. The van der Waals surface area contributed by atoms with Crippen molar-refractivity contribution in [1.29, 1.82) is 0 Å². The van der Waals surface area contributed by atoms with Crippen LogP contribution in [0.3, 0.4) is 0 Å². The lowest BCUT2D eigenvalue weighted by atomic mass is 10.1. The molecule has 0 amide bonds. The van der Waals surface area contributed by atoms with Gasteiger partial charge in [-0.15, -0.1) is 0 Å². The van der Waals surface area contributed by atoms with Gasteiger partial charge in [0.2, 0.25) is 0 Å². The molecule has 0 radical (unpaired) electrons. The van der Waals surface area contributed by atoms with Gasteiger partial charge in [-0.25, -0.2) is 0 Å². The van der Waals surface area contributed by atoms with Gasteiger partial charge in [0, 0.05) is 19.7 Å². The maximum absolute atomic E-state index is 12.6. The van der Waals surface area contributed by atoms with Crippen LogP contribution in [0, 0.1) is 0 Å². The van der Waals surface area contributed by atoms with Gasteiger partial charge in [-0.2, -0.15) is 0 Å². The third-order valence-corrected chi connectivity index (χ3v) is 4.12. The molecule has 3 rings (SSSR count). The van der Waals surface area contributed by atoms with E-state index in [9.17, 15) is 4.79 Å². The van der Waals surface area contributed by atoms with E-state index in [1.54, 1.807) is 0 Å². The zero-order chi connectivity index (χ0) is 12.7. The molecule has 0 aromatic heterocycles. The molecule has 0 N–H and O–H groups in total. The normalized spacial score (nSPS) is 11.0. The molecule has 0 spiro atoms. The van der Waals surface area contributed by atoms with Crippen LogP contribution in [-0.4, -0.2) is 0 Å². The van der Waals surface area contributed by atoms with Crippen molar-refractivity contribution in [3.63, 3.8) is 0 Å². The van der Waals surface area contributed by atoms with Crippen molar-refractivity contribution in [2.45, 2.75) is 0 Å². The molecule has 3 heteroatoms. The Morgan fingerprint density at radius 3 is 2.39 bits per heavy atom. The van der Waals surface area contributed by atoms with Crippen LogP contribution in [0.2, 0.25) is 0 Å². The van der Waals surface area contributed by atoms with Crippen LogP contribution in [0.4, 0.5) is 0 Å². The summed E-state index contributed by atoms with van der Waals surface area (Å²) in [7, 11) is 0. The topological polar surface area (TPSA) is 17.1 Å². The molecule has 18 heavy (non-hydrogen) atoms. The molecule has 0 saturated heterocycles. The maximum Gasteiger partial charge on any atom is 0.194 e. The van der Waals surface area contributed by atoms with Gasteiger partial charge in [-0.3, -0.25) is 4.79 Å². The highest BCUT2D eigenvalue weighted by Gasteiger charge is 2.05. The summed E-state index contributed by atoms with van der Waals surface area (Å²) >= 11 is 6.97. The fourth-order valence-corrected chi connectivity index (χ4v) is 3.06. The lowest BCUT2D eigenvalue weighted by molar-refractivity contribution is 1.70. The highest BCUT2D eigenvalue weighted by molar-refractivity contribution is 9.11. The molecular formula is C15H8Br2O. The van der Waals surface area contributed by atoms with E-state index < -0.39 is 0 Å². The summed E-state index contributed by atoms with van der Waals surface area (Å²) in [6.45, 7) is 0. The fourth-order valence-electron chi connectivity index (χ4n) is 2.10. The predicted molar refractivity (Wildman–Crippen MR) is 83.1 cm³/mol. The average Bonchev–Trinajstić information content (AvgIpc) is 2.47. The van der Waals surface area contributed by atoms with Crippen LogP contribution in [-0.2, 0) is 0 Å². The third-order valence-electron chi connectivity index (χ3n) is 2.97. The number of hydrogen-bond donors (Lipinski definition) is 0. The van der Waals surface area contributed by atoms with Crippen LogP contribution in [0.25, 0.3) is 21.5 Å². The zero-order valence-electron chi connectivity index (χ0n) is 9.28. The van der Waals surface area contributed by atoms with E-state index in [0.29, 0.717) is 0 Å². The van der Waals surface area contributed by atoms with E-state index in [0.717, 1.165) is 30.5 Å². The Kier molecular flexibility index (Phi) is 2.96. The van der Waals surface area contributed by atoms with Crippen molar-refractivity contribution >= 4 is 53.4 Å². The molecule has 0 aliphatic carbocycles. The van der Waals surface area contributed by atoms with Crippen molar-refractivity contribution in [1.82, 2.24) is 0 Å². The molecule has 3 aromatic carbocycles. The first kappa shape index (κ1) is 11.9. The van der Waals surface area contributed by atoms with Crippen molar-refractivity contribution in [2.75, 3.05) is 0 Å². The summed E-state index contributed by atoms with van der Waals surface area (Å²) in [5.41, 5.74) is 0.0626. The number of halogens is 2. The second-order valence-corrected chi connectivity index (χ2v) is 5.87. The summed E-state index contributed by atoms with van der Waals surface area (Å²) in [4.78, 5) is 12.6. The van der Waals surface area contributed by atoms with Crippen molar-refractivity contribution in [3.8, 4) is 0 Å². The van der Waals surface area contributed by atoms with Gasteiger partial charge in [0.25, 0.3) is 0 Å². The minimum Gasteiger partial charge on any atom is -0.289 e. The first-order chi connectivity index (χ1) is 8.66. The molecule has 0 bridgehead atoms. The van der Waals surface area contributed by atoms with Gasteiger partial charge in [0.15, 0.2) is 5.43 Å². The summed E-state index contributed by atoms with van der Waals surface area (Å²) in [5.74, 6) is 0. The Balaban J connectivity index is 2.70. The standard InChI is InChI=1S/C15H8Br2O/c16-10-5-6-12-13(8-10)15(18)11-4-2-1-3-9(11)7-14(12)17/h1-8H. The Bertz CT molecular complexity index is 825. The van der Waals surface area contributed by atoms with Gasteiger partial charge in [-0.1, -0.05) is 62.2 Å². The Hall–Kier alpha value is -1.19. The van der Waals surface area contributed by atoms with E-state index in [4.69, 9.17) is 0 Å². The Morgan fingerprint density at radius 1 is 0.778 bits per heavy atom. The van der Waals surface area contributed by atoms with Gasteiger partial charge >= 0.3 is 0 Å². The predicted octanol–water partition coefficient (Wildman–Crippen LogP) is 4.88. The molecule has 0 saturated carbocycles. The van der Waals surface area contributed by atoms with E-state index in [-0.39, 0.29) is 5.43 Å². The molecule has 88 valence electrons. The number of fused-ring (bicyclic) bond motifs is 2. The molecule has 0 heterocycles. The Labute approximate surface area is 121 Å². The molecule has 0 unspecified atom stereocenters. The second kappa shape index (κ2) is 4.48. The smallest absolute Gasteiger partial charge is 0.194 e. The van der Waals surface area contributed by atoms with Crippen molar-refractivity contribution in [3.05, 3.63) is 67.7 Å². The van der Waals surface area contributed by atoms with Crippen LogP contribution >= 0.6 is 31.9 Å². The van der Waals surface area contributed by atoms with Crippen molar-refractivity contribution in [2.24, 2.45) is 0 Å². The monoisotopic (exact) mass is 362 g/mol. The van der Waals surface area contributed by atoms with Crippen molar-refractivity contribution < 1.29 is 0 Å². The quantitative estimate of drug-likeness (QED) is 0.556. The van der Waals surface area contributed by atoms with E-state index >= 15 is 0 Å². The Morgan fingerprint density at radius 2 is 1.56 bits per heavy atom. The third kappa shape index (κ3) is 1.88. The van der Waals surface area contributed by atoms with Crippen LogP contribution in [0.1, 0.15) is 0 Å². The molecule has 0 fully saturated rings. The molecule has 3 aromatic rings. The highest BCUT2D eigenvalue weighted by atomic mass is 79.9. The van der Waals surface area contributed by atoms with E-state index in [2.05, 4.69) is 31.9 Å². The molecule has 0 aliphatic rings. The van der Waals surface area contributed by atoms with Crippen LogP contribution in [0.5, 0.6) is 0 Å². The minimum absolute atomic E-state index is 0.0626. The minimum atomic E-state index is 0.0626. The lowest BCUT2D eigenvalue weighted by Crippen LogP contribution is -1.97.